The molecule has 0 aliphatic rings. The fraction of sp³-hybridized carbons (Fsp3) is 0.0435. The lowest BCUT2D eigenvalue weighted by Gasteiger charge is -2.12. The molecule has 0 aliphatic heterocycles. The third-order valence-corrected chi connectivity index (χ3v) is 5.65. The second-order valence-electron chi connectivity index (χ2n) is 6.71. The third-order valence-electron chi connectivity index (χ3n) is 4.40. The minimum atomic E-state index is -0.550. The quantitative estimate of drug-likeness (QED) is 0.397. The van der Waals surface area contributed by atoms with Gasteiger partial charge in [0, 0.05) is 17.1 Å². The van der Waals surface area contributed by atoms with Crippen LogP contribution >= 0.6 is 22.9 Å². The molecule has 2 N–H and O–H groups in total. The van der Waals surface area contributed by atoms with Crippen LogP contribution in [0.5, 0.6) is 0 Å². The van der Waals surface area contributed by atoms with Crippen LogP contribution in [0.1, 0.15) is 16.2 Å². The smallest absolute Gasteiger partial charge is 0.274 e. The van der Waals surface area contributed by atoms with Gasteiger partial charge < -0.3 is 10.6 Å². The number of benzene rings is 2. The van der Waals surface area contributed by atoms with Crippen LogP contribution in [0.3, 0.4) is 0 Å². The molecule has 2 aromatic heterocycles. The van der Waals surface area contributed by atoms with Gasteiger partial charge in [0.15, 0.2) is 0 Å². The first-order chi connectivity index (χ1) is 15.5. The van der Waals surface area contributed by atoms with Crippen molar-refractivity contribution in [3.63, 3.8) is 0 Å². The Morgan fingerprint density at radius 3 is 2.59 bits per heavy atom. The van der Waals surface area contributed by atoms with Gasteiger partial charge in [-0.1, -0.05) is 35.9 Å². The van der Waals surface area contributed by atoms with Crippen LogP contribution in [-0.2, 0) is 11.2 Å². The van der Waals surface area contributed by atoms with Crippen molar-refractivity contribution in [1.82, 2.24) is 9.97 Å². The number of hydrogen-bond donors (Lipinski definition) is 2. The summed E-state index contributed by atoms with van der Waals surface area (Å²) >= 11 is 7.59. The zero-order valence-corrected chi connectivity index (χ0v) is 18.1. The maximum absolute atomic E-state index is 13.8. The van der Waals surface area contributed by atoms with Crippen molar-refractivity contribution in [1.29, 1.82) is 0 Å². The first-order valence-corrected chi connectivity index (χ1v) is 10.8. The maximum atomic E-state index is 13.8. The summed E-state index contributed by atoms with van der Waals surface area (Å²) in [5, 5.41) is 8.33. The van der Waals surface area contributed by atoms with E-state index in [4.69, 9.17) is 11.6 Å². The number of anilines is 2. The predicted octanol–water partition coefficient (Wildman–Crippen LogP) is 5.43. The van der Waals surface area contributed by atoms with Crippen LogP contribution in [-0.4, -0.2) is 21.8 Å². The molecule has 0 spiro atoms. The highest BCUT2D eigenvalue weighted by molar-refractivity contribution is 7.13. The standard InChI is InChI=1S/C23H16ClFN4O2S/c24-17-6-2-1-5-16(17)23-27-15(13-32-23)12-21(30)28-20-11-14(25)8-9-18(20)29-22(31)19-7-3-4-10-26-19/h1-11,13H,12H2,(H,28,30)(H,29,31). The van der Waals surface area contributed by atoms with Gasteiger partial charge in [-0.05, 0) is 36.4 Å². The Morgan fingerprint density at radius 2 is 1.81 bits per heavy atom. The van der Waals surface area contributed by atoms with Gasteiger partial charge in [0.1, 0.15) is 16.5 Å². The van der Waals surface area contributed by atoms with E-state index >= 15 is 0 Å². The number of rotatable bonds is 6. The highest BCUT2D eigenvalue weighted by atomic mass is 35.5. The Labute approximate surface area is 192 Å². The van der Waals surface area contributed by atoms with E-state index in [-0.39, 0.29) is 23.5 Å². The summed E-state index contributed by atoms with van der Waals surface area (Å²) in [4.78, 5) is 33.4. The summed E-state index contributed by atoms with van der Waals surface area (Å²) in [7, 11) is 0. The SMILES string of the molecule is O=C(Cc1csc(-c2ccccc2Cl)n1)Nc1cc(F)ccc1NC(=O)c1ccccn1. The molecule has 0 saturated carbocycles. The number of pyridine rings is 1. The molecule has 0 bridgehead atoms. The topological polar surface area (TPSA) is 84.0 Å². The first-order valence-electron chi connectivity index (χ1n) is 9.50. The number of nitrogens with zero attached hydrogens (tertiary/aromatic N) is 2. The number of thiazole rings is 1. The summed E-state index contributed by atoms with van der Waals surface area (Å²) in [5.74, 6) is -1.43. The fourth-order valence-corrected chi connectivity index (χ4v) is 4.06. The van der Waals surface area contributed by atoms with Crippen LogP contribution in [0, 0.1) is 5.82 Å². The van der Waals surface area contributed by atoms with E-state index in [0.29, 0.717) is 15.7 Å². The monoisotopic (exact) mass is 466 g/mol. The van der Waals surface area contributed by atoms with Crippen molar-refractivity contribution in [2.24, 2.45) is 0 Å². The molecular weight excluding hydrogens is 451 g/mol. The van der Waals surface area contributed by atoms with E-state index in [9.17, 15) is 14.0 Å². The summed E-state index contributed by atoms with van der Waals surface area (Å²) in [5.41, 5.74) is 1.93. The minimum absolute atomic E-state index is 0.0227. The maximum Gasteiger partial charge on any atom is 0.274 e. The van der Waals surface area contributed by atoms with Crippen molar-refractivity contribution >= 4 is 46.1 Å². The van der Waals surface area contributed by atoms with Gasteiger partial charge in [0.2, 0.25) is 5.91 Å². The molecule has 4 rings (SSSR count). The number of carbonyl (C=O) groups excluding carboxylic acids is 2. The van der Waals surface area contributed by atoms with Crippen molar-refractivity contribution in [3.8, 4) is 10.6 Å². The molecule has 0 fully saturated rings. The molecule has 9 heteroatoms. The lowest BCUT2D eigenvalue weighted by molar-refractivity contribution is -0.115. The van der Waals surface area contributed by atoms with Gasteiger partial charge in [-0.15, -0.1) is 11.3 Å². The predicted molar refractivity (Wildman–Crippen MR) is 123 cm³/mol. The number of halogens is 2. The van der Waals surface area contributed by atoms with E-state index < -0.39 is 17.6 Å². The lowest BCUT2D eigenvalue weighted by Crippen LogP contribution is -2.19. The Hall–Kier alpha value is -3.62. The lowest BCUT2D eigenvalue weighted by atomic mass is 10.2. The van der Waals surface area contributed by atoms with E-state index in [1.165, 1.54) is 29.7 Å². The van der Waals surface area contributed by atoms with Crippen molar-refractivity contribution in [3.05, 3.63) is 94.5 Å². The molecule has 2 aromatic carbocycles. The molecule has 0 atom stereocenters. The summed E-state index contributed by atoms with van der Waals surface area (Å²) < 4.78 is 13.8. The summed E-state index contributed by atoms with van der Waals surface area (Å²) in [6, 6.07) is 16.0. The molecule has 4 aromatic rings. The Bertz CT molecular complexity index is 1280. The van der Waals surface area contributed by atoms with Crippen LogP contribution in [0.2, 0.25) is 5.02 Å². The third kappa shape index (κ3) is 5.16. The molecule has 0 radical (unpaired) electrons. The van der Waals surface area contributed by atoms with Gasteiger partial charge in [-0.3, -0.25) is 14.6 Å². The van der Waals surface area contributed by atoms with Crippen LogP contribution in [0.15, 0.2) is 72.2 Å². The van der Waals surface area contributed by atoms with Gasteiger partial charge >= 0.3 is 0 Å². The molecule has 0 aliphatic carbocycles. The van der Waals surface area contributed by atoms with E-state index in [1.807, 2.05) is 18.2 Å². The number of hydrogen-bond acceptors (Lipinski definition) is 5. The molecule has 2 amide bonds. The van der Waals surface area contributed by atoms with E-state index in [2.05, 4.69) is 20.6 Å². The number of nitrogens with one attached hydrogen (secondary N) is 2. The Morgan fingerprint density at radius 1 is 1.00 bits per heavy atom. The molecule has 6 nitrogen and oxygen atoms in total. The van der Waals surface area contributed by atoms with Crippen molar-refractivity contribution in [2.45, 2.75) is 6.42 Å². The highest BCUT2D eigenvalue weighted by Gasteiger charge is 2.15. The zero-order valence-electron chi connectivity index (χ0n) is 16.5. The minimum Gasteiger partial charge on any atom is -0.324 e. The fourth-order valence-electron chi connectivity index (χ4n) is 2.92. The Kier molecular flexibility index (Phi) is 6.53. The van der Waals surface area contributed by atoms with Crippen LogP contribution in [0.4, 0.5) is 15.8 Å². The second-order valence-corrected chi connectivity index (χ2v) is 7.97. The average molecular weight is 467 g/mol. The first kappa shape index (κ1) is 21.6. The van der Waals surface area contributed by atoms with E-state index in [1.54, 1.807) is 29.6 Å². The molecule has 160 valence electrons. The van der Waals surface area contributed by atoms with Crippen LogP contribution < -0.4 is 10.6 Å². The molecule has 0 saturated heterocycles. The number of amides is 2. The molecule has 32 heavy (non-hydrogen) atoms. The van der Waals surface area contributed by atoms with Crippen molar-refractivity contribution < 1.29 is 14.0 Å². The number of carbonyl (C=O) groups is 2. The van der Waals surface area contributed by atoms with Gasteiger partial charge in [-0.2, -0.15) is 0 Å². The molecular formula is C23H16ClFN4O2S. The van der Waals surface area contributed by atoms with Gasteiger partial charge in [-0.25, -0.2) is 9.37 Å². The van der Waals surface area contributed by atoms with E-state index in [0.717, 1.165) is 11.6 Å². The largest absolute Gasteiger partial charge is 0.324 e. The molecule has 2 heterocycles. The Balaban J connectivity index is 1.47. The zero-order chi connectivity index (χ0) is 22.5. The van der Waals surface area contributed by atoms with Crippen molar-refractivity contribution in [2.75, 3.05) is 10.6 Å². The second kappa shape index (κ2) is 9.67. The molecule has 0 unspecified atom stereocenters. The normalized spacial score (nSPS) is 10.6. The average Bonchev–Trinajstić information content (AvgIpc) is 3.24. The van der Waals surface area contributed by atoms with Gasteiger partial charge in [0.05, 0.1) is 28.5 Å². The highest BCUT2D eigenvalue weighted by Crippen LogP contribution is 2.30. The summed E-state index contributed by atoms with van der Waals surface area (Å²) in [6.45, 7) is 0. The van der Waals surface area contributed by atoms with Crippen LogP contribution in [0.25, 0.3) is 10.6 Å². The number of aromatic nitrogens is 2. The summed E-state index contributed by atoms with van der Waals surface area (Å²) in [6.07, 6.45) is 1.47. The van der Waals surface area contributed by atoms with Gasteiger partial charge in [0.25, 0.3) is 5.91 Å².